The number of hydrazine groups is 1. The Kier molecular flexibility index (Phi) is 5.18. The number of rotatable bonds is 3. The highest BCUT2D eigenvalue weighted by Crippen LogP contribution is 2.13. The fourth-order valence-corrected chi connectivity index (χ4v) is 2.61. The van der Waals surface area contributed by atoms with E-state index in [2.05, 4.69) is 37.8 Å². The first-order valence-electron chi connectivity index (χ1n) is 7.80. The molecule has 0 unspecified atom stereocenters. The monoisotopic (exact) mass is 367 g/mol. The third kappa shape index (κ3) is 4.39. The Morgan fingerprint density at radius 2 is 1.73 bits per heavy atom. The first-order chi connectivity index (χ1) is 12.5. The van der Waals surface area contributed by atoms with Crippen LogP contribution in [0.1, 0.15) is 21.5 Å². The number of nitrogens with one attached hydrogen (secondary N) is 3. The van der Waals surface area contributed by atoms with Crippen LogP contribution >= 0.6 is 12.2 Å². The number of carbonyl (C=O) groups excluding carboxylic acids is 1. The summed E-state index contributed by atoms with van der Waals surface area (Å²) in [4.78, 5) is 12.2. The predicted octanol–water partition coefficient (Wildman–Crippen LogP) is 1.91. The van der Waals surface area contributed by atoms with Crippen LogP contribution in [0.15, 0.2) is 48.8 Å². The molecule has 0 saturated heterocycles. The molecule has 2 aromatic carbocycles. The van der Waals surface area contributed by atoms with E-state index in [0.29, 0.717) is 10.7 Å². The highest BCUT2D eigenvalue weighted by atomic mass is 32.1. The van der Waals surface area contributed by atoms with Crippen molar-refractivity contribution in [1.82, 2.24) is 31.1 Å². The van der Waals surface area contributed by atoms with Crippen LogP contribution in [0.5, 0.6) is 0 Å². The second-order valence-corrected chi connectivity index (χ2v) is 6.12. The Morgan fingerprint density at radius 3 is 2.35 bits per heavy atom. The molecular weight excluding hydrogens is 350 g/mol. The number of hydrogen-bond acceptors (Lipinski definition) is 5. The van der Waals surface area contributed by atoms with Crippen molar-refractivity contribution >= 4 is 28.9 Å². The van der Waals surface area contributed by atoms with Gasteiger partial charge in [-0.1, -0.05) is 6.07 Å². The summed E-state index contributed by atoms with van der Waals surface area (Å²) in [5.74, 6) is -0.308. The van der Waals surface area contributed by atoms with Gasteiger partial charge in [0.2, 0.25) is 0 Å². The summed E-state index contributed by atoms with van der Waals surface area (Å²) in [5, 5.41) is 14.3. The largest absolute Gasteiger partial charge is 0.331 e. The van der Waals surface area contributed by atoms with Crippen LogP contribution in [-0.2, 0) is 0 Å². The number of tetrazole rings is 1. The predicted molar refractivity (Wildman–Crippen MR) is 102 cm³/mol. The molecule has 1 aromatic heterocycles. The third-order valence-corrected chi connectivity index (χ3v) is 3.72. The van der Waals surface area contributed by atoms with Crippen molar-refractivity contribution in [2.45, 2.75) is 13.8 Å². The molecule has 0 spiro atoms. The van der Waals surface area contributed by atoms with Crippen molar-refractivity contribution < 1.29 is 4.79 Å². The van der Waals surface area contributed by atoms with Gasteiger partial charge in [-0.05, 0) is 84.0 Å². The summed E-state index contributed by atoms with van der Waals surface area (Å²) in [6.45, 7) is 4.02. The molecule has 0 fully saturated rings. The molecule has 0 saturated carbocycles. The summed E-state index contributed by atoms with van der Waals surface area (Å²) < 4.78 is 1.50. The fourth-order valence-electron chi connectivity index (χ4n) is 2.44. The van der Waals surface area contributed by atoms with Gasteiger partial charge in [-0.25, -0.2) is 4.68 Å². The van der Waals surface area contributed by atoms with Crippen molar-refractivity contribution in [3.05, 3.63) is 65.5 Å². The Bertz CT molecular complexity index is 903. The Balaban J connectivity index is 1.55. The molecule has 0 aliphatic carbocycles. The average Bonchev–Trinajstić information content (AvgIpc) is 3.13. The maximum Gasteiger partial charge on any atom is 0.269 e. The molecular formula is C17H17N7OS. The molecule has 0 aliphatic rings. The minimum absolute atomic E-state index is 0.300. The van der Waals surface area contributed by atoms with E-state index in [1.165, 1.54) is 11.0 Å². The minimum Gasteiger partial charge on any atom is -0.331 e. The van der Waals surface area contributed by atoms with Gasteiger partial charge in [0.25, 0.3) is 5.91 Å². The van der Waals surface area contributed by atoms with Crippen LogP contribution in [0.3, 0.4) is 0 Å². The molecule has 9 heteroatoms. The van der Waals surface area contributed by atoms with Gasteiger partial charge in [0, 0.05) is 11.3 Å². The van der Waals surface area contributed by atoms with E-state index >= 15 is 0 Å². The first-order valence-corrected chi connectivity index (χ1v) is 8.21. The number of aryl methyl sites for hydroxylation is 2. The summed E-state index contributed by atoms with van der Waals surface area (Å²) in [5.41, 5.74) is 9.60. The van der Waals surface area contributed by atoms with Crippen molar-refractivity contribution in [2.24, 2.45) is 0 Å². The van der Waals surface area contributed by atoms with Gasteiger partial charge in [0.15, 0.2) is 5.11 Å². The van der Waals surface area contributed by atoms with E-state index < -0.39 is 0 Å². The summed E-state index contributed by atoms with van der Waals surface area (Å²) in [7, 11) is 0. The highest BCUT2D eigenvalue weighted by Gasteiger charge is 2.07. The zero-order valence-corrected chi connectivity index (χ0v) is 15.0. The SMILES string of the molecule is Cc1cc(C)cc(NC(=S)NNC(=O)c2ccc(-n3cnnn3)cc2)c1. The number of carbonyl (C=O) groups is 1. The normalized spacial score (nSPS) is 10.2. The molecule has 3 N–H and O–H groups in total. The van der Waals surface area contributed by atoms with Gasteiger partial charge in [-0.2, -0.15) is 0 Å². The minimum atomic E-state index is -0.308. The number of benzene rings is 2. The number of hydrogen-bond donors (Lipinski definition) is 3. The van der Waals surface area contributed by atoms with Gasteiger partial charge in [0.05, 0.1) is 5.69 Å². The zero-order chi connectivity index (χ0) is 18.5. The topological polar surface area (TPSA) is 96.8 Å². The van der Waals surface area contributed by atoms with Gasteiger partial charge >= 0.3 is 0 Å². The molecule has 26 heavy (non-hydrogen) atoms. The summed E-state index contributed by atoms with van der Waals surface area (Å²) in [6.07, 6.45) is 1.48. The summed E-state index contributed by atoms with van der Waals surface area (Å²) in [6, 6.07) is 12.9. The van der Waals surface area contributed by atoms with Crippen LogP contribution in [0.25, 0.3) is 5.69 Å². The number of thiocarbonyl (C=S) groups is 1. The Morgan fingerprint density at radius 1 is 1.04 bits per heavy atom. The van der Waals surface area contributed by atoms with Gasteiger partial charge in [-0.15, -0.1) is 5.10 Å². The Labute approximate surface area is 155 Å². The number of nitrogens with zero attached hydrogens (tertiary/aromatic N) is 4. The van der Waals surface area contributed by atoms with E-state index in [1.807, 2.05) is 26.0 Å². The van der Waals surface area contributed by atoms with Crippen molar-refractivity contribution in [1.29, 1.82) is 0 Å². The van der Waals surface area contributed by atoms with Crippen LogP contribution < -0.4 is 16.2 Å². The lowest BCUT2D eigenvalue weighted by Crippen LogP contribution is -2.43. The molecule has 8 nitrogen and oxygen atoms in total. The lowest BCUT2D eigenvalue weighted by molar-refractivity contribution is 0.0944. The van der Waals surface area contributed by atoms with E-state index in [0.717, 1.165) is 22.5 Å². The lowest BCUT2D eigenvalue weighted by atomic mass is 10.1. The van der Waals surface area contributed by atoms with E-state index in [-0.39, 0.29) is 5.91 Å². The third-order valence-electron chi connectivity index (χ3n) is 3.51. The molecule has 0 atom stereocenters. The van der Waals surface area contributed by atoms with Gasteiger partial charge in [-0.3, -0.25) is 15.6 Å². The lowest BCUT2D eigenvalue weighted by Gasteiger charge is -2.13. The van der Waals surface area contributed by atoms with E-state index in [1.54, 1.807) is 24.3 Å². The molecule has 0 radical (unpaired) electrons. The molecule has 1 heterocycles. The molecule has 3 rings (SSSR count). The van der Waals surface area contributed by atoms with Crippen LogP contribution in [0.2, 0.25) is 0 Å². The molecule has 0 bridgehead atoms. The van der Waals surface area contributed by atoms with Gasteiger partial charge < -0.3 is 5.32 Å². The maximum atomic E-state index is 12.2. The molecule has 0 aliphatic heterocycles. The smallest absolute Gasteiger partial charge is 0.269 e. The van der Waals surface area contributed by atoms with Crippen molar-refractivity contribution in [2.75, 3.05) is 5.32 Å². The van der Waals surface area contributed by atoms with Crippen LogP contribution in [0.4, 0.5) is 5.69 Å². The number of aromatic nitrogens is 4. The number of anilines is 1. The maximum absolute atomic E-state index is 12.2. The van der Waals surface area contributed by atoms with Crippen LogP contribution in [0, 0.1) is 13.8 Å². The number of amides is 1. The van der Waals surface area contributed by atoms with E-state index in [9.17, 15) is 4.79 Å². The van der Waals surface area contributed by atoms with Crippen molar-refractivity contribution in [3.8, 4) is 5.69 Å². The summed E-state index contributed by atoms with van der Waals surface area (Å²) >= 11 is 5.20. The van der Waals surface area contributed by atoms with Crippen molar-refractivity contribution in [3.63, 3.8) is 0 Å². The average molecular weight is 367 g/mol. The first kappa shape index (κ1) is 17.5. The fraction of sp³-hybridized carbons (Fsp3) is 0.118. The highest BCUT2D eigenvalue weighted by molar-refractivity contribution is 7.80. The van der Waals surface area contributed by atoms with Crippen LogP contribution in [-0.4, -0.2) is 31.2 Å². The second-order valence-electron chi connectivity index (χ2n) is 5.71. The second kappa shape index (κ2) is 7.70. The van der Waals surface area contributed by atoms with Gasteiger partial charge in [0.1, 0.15) is 6.33 Å². The standard InChI is InChI=1S/C17H17N7OS/c1-11-7-12(2)9-14(8-11)19-17(26)21-20-16(25)13-3-5-15(6-4-13)24-10-18-22-23-24/h3-10H,1-2H3,(H,20,25)(H2,19,21,26). The quantitative estimate of drug-likeness (QED) is 0.481. The van der Waals surface area contributed by atoms with E-state index in [4.69, 9.17) is 12.2 Å². The molecule has 1 amide bonds. The Hall–Kier alpha value is -3.33. The molecule has 132 valence electrons. The zero-order valence-electron chi connectivity index (χ0n) is 14.2. The molecule has 3 aromatic rings.